The number of para-hydroxylation sites is 1. The Labute approximate surface area is 146 Å². The van der Waals surface area contributed by atoms with Crippen LogP contribution in [0, 0.1) is 5.82 Å². The first kappa shape index (κ1) is 15.9. The normalized spacial score (nSPS) is 19.9. The maximum atomic E-state index is 14.0. The van der Waals surface area contributed by atoms with Crippen LogP contribution in [0.1, 0.15) is 47.9 Å². The van der Waals surface area contributed by atoms with Crippen molar-refractivity contribution in [3.63, 3.8) is 0 Å². The summed E-state index contributed by atoms with van der Waals surface area (Å²) in [5.74, 6) is 1.58. The van der Waals surface area contributed by atoms with Crippen molar-refractivity contribution in [2.24, 2.45) is 10.7 Å². The summed E-state index contributed by atoms with van der Waals surface area (Å²) in [6.45, 7) is 0.885. The molecule has 4 nitrogen and oxygen atoms in total. The van der Waals surface area contributed by atoms with Crippen molar-refractivity contribution >= 4 is 5.96 Å². The quantitative estimate of drug-likeness (QED) is 0.660. The number of nitrogens with two attached hydrogens (primary N) is 1. The number of rotatable bonds is 4. The molecule has 1 fully saturated rings. The highest BCUT2D eigenvalue weighted by Gasteiger charge is 2.24. The first-order valence-corrected chi connectivity index (χ1v) is 8.77. The van der Waals surface area contributed by atoms with E-state index in [1.165, 1.54) is 24.5 Å². The summed E-state index contributed by atoms with van der Waals surface area (Å²) in [5, 5.41) is 3.24. The molecule has 0 radical (unpaired) electrons. The number of halogens is 1. The van der Waals surface area contributed by atoms with Crippen molar-refractivity contribution in [2.45, 2.75) is 37.8 Å². The van der Waals surface area contributed by atoms with Gasteiger partial charge < -0.3 is 15.8 Å². The fourth-order valence-corrected chi connectivity index (χ4v) is 3.27. The first-order chi connectivity index (χ1) is 12.2. The van der Waals surface area contributed by atoms with Crippen molar-refractivity contribution in [3.8, 4) is 5.75 Å². The highest BCUT2D eigenvalue weighted by Crippen LogP contribution is 2.40. The van der Waals surface area contributed by atoms with Crippen LogP contribution in [0.4, 0.5) is 4.39 Å². The highest BCUT2D eigenvalue weighted by molar-refractivity contribution is 5.78. The van der Waals surface area contributed by atoms with Crippen LogP contribution in [-0.4, -0.2) is 12.6 Å². The molecule has 0 saturated heterocycles. The summed E-state index contributed by atoms with van der Waals surface area (Å²) in [7, 11) is 0. The van der Waals surface area contributed by atoms with Crippen LogP contribution < -0.4 is 15.8 Å². The second-order valence-electron chi connectivity index (χ2n) is 6.70. The van der Waals surface area contributed by atoms with Crippen LogP contribution >= 0.6 is 0 Å². The van der Waals surface area contributed by atoms with Gasteiger partial charge in [-0.1, -0.05) is 30.3 Å². The lowest BCUT2D eigenvalue weighted by Gasteiger charge is -2.26. The SMILES string of the molecule is NC(=NCc1cc(C2CC2)ccc1F)NC1CCOc2ccccc21. The number of aliphatic imine (C=N–C) groups is 1. The van der Waals surface area contributed by atoms with Gasteiger partial charge in [-0.15, -0.1) is 0 Å². The molecule has 1 heterocycles. The zero-order chi connectivity index (χ0) is 17.2. The Morgan fingerprint density at radius 3 is 2.88 bits per heavy atom. The van der Waals surface area contributed by atoms with E-state index in [2.05, 4.69) is 10.3 Å². The number of benzene rings is 2. The zero-order valence-corrected chi connectivity index (χ0v) is 14.0. The second-order valence-corrected chi connectivity index (χ2v) is 6.70. The fourth-order valence-electron chi connectivity index (χ4n) is 3.27. The van der Waals surface area contributed by atoms with Gasteiger partial charge in [-0.3, -0.25) is 0 Å². The molecular formula is C20H22FN3O. The fraction of sp³-hybridized carbons (Fsp3) is 0.350. The number of nitrogens with zero attached hydrogens (tertiary/aromatic N) is 1. The van der Waals surface area contributed by atoms with Crippen LogP contribution in [0.15, 0.2) is 47.5 Å². The lowest BCUT2D eigenvalue weighted by molar-refractivity contribution is 0.262. The summed E-state index contributed by atoms with van der Waals surface area (Å²) in [6.07, 6.45) is 3.21. The molecule has 1 aliphatic carbocycles. The van der Waals surface area contributed by atoms with E-state index < -0.39 is 0 Å². The minimum absolute atomic E-state index is 0.0661. The second kappa shape index (κ2) is 6.75. The largest absolute Gasteiger partial charge is 0.493 e. The van der Waals surface area contributed by atoms with Crippen LogP contribution in [0.5, 0.6) is 5.75 Å². The Kier molecular flexibility index (Phi) is 4.30. The molecule has 0 amide bonds. The monoisotopic (exact) mass is 339 g/mol. The first-order valence-electron chi connectivity index (χ1n) is 8.77. The molecule has 1 aliphatic heterocycles. The molecule has 2 aromatic carbocycles. The summed E-state index contributed by atoms with van der Waals surface area (Å²) in [6, 6.07) is 13.3. The van der Waals surface area contributed by atoms with Gasteiger partial charge in [0.15, 0.2) is 5.96 Å². The summed E-state index contributed by atoms with van der Waals surface area (Å²) in [5.41, 5.74) is 8.93. The van der Waals surface area contributed by atoms with Gasteiger partial charge in [-0.2, -0.15) is 0 Å². The molecule has 1 atom stereocenters. The van der Waals surface area contributed by atoms with Crippen molar-refractivity contribution in [2.75, 3.05) is 6.61 Å². The molecule has 1 unspecified atom stereocenters. The Morgan fingerprint density at radius 1 is 1.20 bits per heavy atom. The maximum Gasteiger partial charge on any atom is 0.189 e. The van der Waals surface area contributed by atoms with E-state index >= 15 is 0 Å². The maximum absolute atomic E-state index is 14.0. The number of guanidine groups is 1. The molecule has 2 aliphatic rings. The molecule has 3 N–H and O–H groups in total. The predicted molar refractivity (Wildman–Crippen MR) is 96.1 cm³/mol. The number of hydrogen-bond donors (Lipinski definition) is 2. The molecule has 4 rings (SSSR count). The van der Waals surface area contributed by atoms with Crippen LogP contribution in [0.3, 0.4) is 0 Å². The van der Waals surface area contributed by atoms with Crippen molar-refractivity contribution in [3.05, 3.63) is 65.0 Å². The van der Waals surface area contributed by atoms with E-state index in [9.17, 15) is 4.39 Å². The van der Waals surface area contributed by atoms with E-state index in [1.54, 1.807) is 0 Å². The van der Waals surface area contributed by atoms with Crippen molar-refractivity contribution < 1.29 is 9.13 Å². The number of ether oxygens (including phenoxy) is 1. The number of hydrogen-bond acceptors (Lipinski definition) is 2. The smallest absolute Gasteiger partial charge is 0.189 e. The van der Waals surface area contributed by atoms with Gasteiger partial charge in [0.05, 0.1) is 19.2 Å². The van der Waals surface area contributed by atoms with Gasteiger partial charge in [0.25, 0.3) is 0 Å². The van der Waals surface area contributed by atoms with E-state index in [0.717, 1.165) is 17.7 Å². The number of fused-ring (bicyclic) bond motifs is 1. The topological polar surface area (TPSA) is 59.6 Å². The summed E-state index contributed by atoms with van der Waals surface area (Å²) in [4.78, 5) is 4.35. The Balaban J connectivity index is 1.45. The standard InChI is InChI=1S/C20H22FN3O/c21-17-8-7-14(13-5-6-13)11-15(17)12-23-20(22)24-18-9-10-25-19-4-2-1-3-16(18)19/h1-4,7-8,11,13,18H,5-6,9-10,12H2,(H3,22,23,24). The van der Waals surface area contributed by atoms with Gasteiger partial charge in [0.1, 0.15) is 11.6 Å². The van der Waals surface area contributed by atoms with E-state index in [0.29, 0.717) is 24.0 Å². The van der Waals surface area contributed by atoms with E-state index in [1.807, 2.05) is 36.4 Å². The number of nitrogens with one attached hydrogen (secondary N) is 1. The molecule has 0 spiro atoms. The van der Waals surface area contributed by atoms with Gasteiger partial charge in [-0.05, 0) is 36.5 Å². The Morgan fingerprint density at radius 2 is 2.04 bits per heavy atom. The molecule has 25 heavy (non-hydrogen) atoms. The molecule has 0 bridgehead atoms. The third kappa shape index (κ3) is 3.60. The third-order valence-corrected chi connectivity index (χ3v) is 4.82. The average Bonchev–Trinajstić information content (AvgIpc) is 3.46. The van der Waals surface area contributed by atoms with Gasteiger partial charge in [0, 0.05) is 17.5 Å². The molecule has 1 saturated carbocycles. The molecular weight excluding hydrogens is 317 g/mol. The Hall–Kier alpha value is -2.56. The van der Waals surface area contributed by atoms with Crippen LogP contribution in [-0.2, 0) is 6.54 Å². The molecule has 5 heteroatoms. The Bertz CT molecular complexity index is 801. The minimum Gasteiger partial charge on any atom is -0.493 e. The zero-order valence-electron chi connectivity index (χ0n) is 14.0. The van der Waals surface area contributed by atoms with Gasteiger partial charge in [0.2, 0.25) is 0 Å². The third-order valence-electron chi connectivity index (χ3n) is 4.82. The van der Waals surface area contributed by atoms with Crippen molar-refractivity contribution in [1.29, 1.82) is 0 Å². The van der Waals surface area contributed by atoms with Gasteiger partial charge >= 0.3 is 0 Å². The van der Waals surface area contributed by atoms with Crippen LogP contribution in [0.2, 0.25) is 0 Å². The molecule has 0 aromatic heterocycles. The highest BCUT2D eigenvalue weighted by atomic mass is 19.1. The van der Waals surface area contributed by atoms with Crippen LogP contribution in [0.25, 0.3) is 0 Å². The van der Waals surface area contributed by atoms with Crippen molar-refractivity contribution in [1.82, 2.24) is 5.32 Å². The molecule has 130 valence electrons. The van der Waals surface area contributed by atoms with E-state index in [4.69, 9.17) is 10.5 Å². The average molecular weight is 339 g/mol. The molecule has 2 aromatic rings. The predicted octanol–water partition coefficient (Wildman–Crippen LogP) is 3.63. The summed E-state index contributed by atoms with van der Waals surface area (Å²) < 4.78 is 19.7. The lowest BCUT2D eigenvalue weighted by Crippen LogP contribution is -2.37. The van der Waals surface area contributed by atoms with E-state index in [-0.39, 0.29) is 18.4 Å². The minimum atomic E-state index is -0.225. The lowest BCUT2D eigenvalue weighted by atomic mass is 10.0. The van der Waals surface area contributed by atoms with Gasteiger partial charge in [-0.25, -0.2) is 9.38 Å². The summed E-state index contributed by atoms with van der Waals surface area (Å²) >= 11 is 0.